The fourth-order valence-electron chi connectivity index (χ4n) is 2.83. The molecule has 0 bridgehead atoms. The summed E-state index contributed by atoms with van der Waals surface area (Å²) < 4.78 is 6.13. The van der Waals surface area contributed by atoms with Crippen molar-refractivity contribution >= 4 is 16.5 Å². The van der Waals surface area contributed by atoms with Crippen molar-refractivity contribution in [2.45, 2.75) is 38.2 Å². The van der Waals surface area contributed by atoms with Gasteiger partial charge in [0.25, 0.3) is 0 Å². The van der Waals surface area contributed by atoms with E-state index >= 15 is 0 Å². The summed E-state index contributed by atoms with van der Waals surface area (Å²) in [5, 5.41) is 5.49. The first kappa shape index (κ1) is 12.3. The molecule has 1 fully saturated rings. The molecule has 0 amide bonds. The summed E-state index contributed by atoms with van der Waals surface area (Å²) in [6.07, 6.45) is 8.38. The molecule has 3 heteroatoms. The highest BCUT2D eigenvalue weighted by atomic mass is 16.5. The van der Waals surface area contributed by atoms with Crippen LogP contribution in [-0.4, -0.2) is 18.1 Å². The van der Waals surface area contributed by atoms with Crippen LogP contribution in [0.5, 0.6) is 5.88 Å². The number of pyridine rings is 1. The molecular weight excluding hydrogens is 236 g/mol. The first-order valence-corrected chi connectivity index (χ1v) is 7.10. The van der Waals surface area contributed by atoms with Gasteiger partial charge >= 0.3 is 0 Å². The van der Waals surface area contributed by atoms with Crippen molar-refractivity contribution in [3.63, 3.8) is 0 Å². The van der Waals surface area contributed by atoms with Gasteiger partial charge in [-0.25, -0.2) is 4.98 Å². The summed E-state index contributed by atoms with van der Waals surface area (Å²) in [4.78, 5) is 4.43. The summed E-state index contributed by atoms with van der Waals surface area (Å²) >= 11 is 0. The van der Waals surface area contributed by atoms with Crippen molar-refractivity contribution < 1.29 is 4.74 Å². The van der Waals surface area contributed by atoms with Crippen LogP contribution < -0.4 is 10.1 Å². The van der Waals surface area contributed by atoms with Crippen LogP contribution in [0.25, 0.3) is 10.8 Å². The Balaban J connectivity index is 1.94. The third-order valence-electron chi connectivity index (χ3n) is 3.87. The van der Waals surface area contributed by atoms with Gasteiger partial charge in [-0.2, -0.15) is 0 Å². The molecule has 1 aromatic heterocycles. The molecule has 1 aliphatic carbocycles. The standard InChI is InChI=1S/C16H20N2O/c1-17-15-9-5-8-14-13(15)10-11-18-16(14)19-12-6-3-2-4-7-12/h5,8-12,17H,2-4,6-7H2,1H3. The van der Waals surface area contributed by atoms with Gasteiger partial charge in [-0.3, -0.25) is 0 Å². The number of fused-ring (bicyclic) bond motifs is 1. The number of aromatic nitrogens is 1. The molecule has 3 nitrogen and oxygen atoms in total. The van der Waals surface area contributed by atoms with Gasteiger partial charge in [0.05, 0.1) is 0 Å². The number of benzene rings is 1. The van der Waals surface area contributed by atoms with Crippen molar-refractivity contribution in [1.29, 1.82) is 0 Å². The minimum absolute atomic E-state index is 0.338. The van der Waals surface area contributed by atoms with Crippen LogP contribution in [0, 0.1) is 0 Å². The Bertz CT molecular complexity index is 562. The summed E-state index contributed by atoms with van der Waals surface area (Å²) in [5.74, 6) is 0.779. The molecule has 0 radical (unpaired) electrons. The van der Waals surface area contributed by atoms with Gasteiger partial charge in [-0.05, 0) is 43.9 Å². The molecule has 1 aromatic carbocycles. The van der Waals surface area contributed by atoms with Crippen molar-refractivity contribution in [2.24, 2.45) is 0 Å². The molecule has 1 saturated carbocycles. The molecule has 0 spiro atoms. The Kier molecular flexibility index (Phi) is 3.53. The zero-order valence-corrected chi connectivity index (χ0v) is 11.4. The third kappa shape index (κ3) is 2.50. The zero-order chi connectivity index (χ0) is 13.1. The second-order valence-corrected chi connectivity index (χ2v) is 5.14. The topological polar surface area (TPSA) is 34.1 Å². The average molecular weight is 256 g/mol. The van der Waals surface area contributed by atoms with Crippen LogP contribution in [0.15, 0.2) is 30.5 Å². The number of ether oxygens (including phenoxy) is 1. The molecule has 19 heavy (non-hydrogen) atoms. The van der Waals surface area contributed by atoms with Crippen molar-refractivity contribution in [3.8, 4) is 5.88 Å². The molecule has 0 saturated heterocycles. The monoisotopic (exact) mass is 256 g/mol. The number of hydrogen-bond donors (Lipinski definition) is 1. The van der Waals surface area contributed by atoms with E-state index in [1.165, 1.54) is 24.6 Å². The van der Waals surface area contributed by atoms with Crippen molar-refractivity contribution in [3.05, 3.63) is 30.5 Å². The van der Waals surface area contributed by atoms with E-state index in [1.807, 2.05) is 25.4 Å². The predicted molar refractivity (Wildman–Crippen MR) is 78.8 cm³/mol. The SMILES string of the molecule is CNc1cccc2c(OC3CCCCC3)nccc12. The molecule has 100 valence electrons. The highest BCUT2D eigenvalue weighted by Crippen LogP contribution is 2.31. The van der Waals surface area contributed by atoms with E-state index in [2.05, 4.69) is 22.4 Å². The van der Waals surface area contributed by atoms with E-state index in [0.29, 0.717) is 6.10 Å². The van der Waals surface area contributed by atoms with E-state index in [4.69, 9.17) is 4.74 Å². The number of anilines is 1. The summed E-state index contributed by atoms with van der Waals surface area (Å²) in [7, 11) is 1.94. The Hall–Kier alpha value is -1.77. The predicted octanol–water partition coefficient (Wildman–Crippen LogP) is 3.99. The summed E-state index contributed by atoms with van der Waals surface area (Å²) in [6.45, 7) is 0. The Morgan fingerprint density at radius 3 is 2.74 bits per heavy atom. The number of nitrogens with one attached hydrogen (secondary N) is 1. The highest BCUT2D eigenvalue weighted by molar-refractivity contribution is 5.96. The first-order valence-electron chi connectivity index (χ1n) is 7.10. The summed E-state index contributed by atoms with van der Waals surface area (Å²) in [6, 6.07) is 8.24. The molecular formula is C16H20N2O. The Morgan fingerprint density at radius 2 is 1.95 bits per heavy atom. The molecule has 0 atom stereocenters. The maximum atomic E-state index is 6.13. The highest BCUT2D eigenvalue weighted by Gasteiger charge is 2.16. The van der Waals surface area contributed by atoms with Crippen molar-refractivity contribution in [1.82, 2.24) is 4.98 Å². The molecule has 1 aliphatic rings. The molecule has 3 rings (SSSR count). The lowest BCUT2D eigenvalue weighted by molar-refractivity contribution is 0.151. The fourth-order valence-corrected chi connectivity index (χ4v) is 2.83. The van der Waals surface area contributed by atoms with Crippen LogP contribution in [0.1, 0.15) is 32.1 Å². The Morgan fingerprint density at radius 1 is 1.11 bits per heavy atom. The molecule has 1 N–H and O–H groups in total. The minimum Gasteiger partial charge on any atom is -0.474 e. The normalized spacial score (nSPS) is 16.5. The third-order valence-corrected chi connectivity index (χ3v) is 3.87. The van der Waals surface area contributed by atoms with Crippen LogP contribution >= 0.6 is 0 Å². The smallest absolute Gasteiger partial charge is 0.221 e. The first-order chi connectivity index (χ1) is 9.38. The molecule has 1 heterocycles. The van der Waals surface area contributed by atoms with Gasteiger partial charge in [-0.15, -0.1) is 0 Å². The van der Waals surface area contributed by atoms with Gasteiger partial charge in [0, 0.05) is 29.7 Å². The Labute approximate surface area is 114 Å². The van der Waals surface area contributed by atoms with Gasteiger partial charge in [0.1, 0.15) is 6.10 Å². The zero-order valence-electron chi connectivity index (χ0n) is 11.4. The maximum Gasteiger partial charge on any atom is 0.221 e. The average Bonchev–Trinajstić information content (AvgIpc) is 2.48. The quantitative estimate of drug-likeness (QED) is 0.901. The second kappa shape index (κ2) is 5.47. The summed E-state index contributed by atoms with van der Waals surface area (Å²) in [5.41, 5.74) is 1.12. The number of rotatable bonds is 3. The maximum absolute atomic E-state index is 6.13. The lowest BCUT2D eigenvalue weighted by Crippen LogP contribution is -2.20. The number of nitrogens with zero attached hydrogens (tertiary/aromatic N) is 1. The fraction of sp³-hybridized carbons (Fsp3) is 0.438. The van der Waals surface area contributed by atoms with Crippen LogP contribution in [0.3, 0.4) is 0 Å². The lowest BCUT2D eigenvalue weighted by Gasteiger charge is -2.23. The van der Waals surface area contributed by atoms with E-state index in [1.54, 1.807) is 0 Å². The van der Waals surface area contributed by atoms with Crippen molar-refractivity contribution in [2.75, 3.05) is 12.4 Å². The molecule has 2 aromatic rings. The largest absolute Gasteiger partial charge is 0.474 e. The lowest BCUT2D eigenvalue weighted by atomic mass is 9.98. The molecule has 0 unspecified atom stereocenters. The van der Waals surface area contributed by atoms with E-state index in [9.17, 15) is 0 Å². The molecule has 0 aliphatic heterocycles. The van der Waals surface area contributed by atoms with Crippen LogP contribution in [0.4, 0.5) is 5.69 Å². The van der Waals surface area contributed by atoms with Crippen LogP contribution in [0.2, 0.25) is 0 Å². The van der Waals surface area contributed by atoms with Gasteiger partial charge in [0.2, 0.25) is 5.88 Å². The van der Waals surface area contributed by atoms with E-state index < -0.39 is 0 Å². The number of hydrogen-bond acceptors (Lipinski definition) is 3. The van der Waals surface area contributed by atoms with Gasteiger partial charge in [-0.1, -0.05) is 12.5 Å². The van der Waals surface area contributed by atoms with Crippen LogP contribution in [-0.2, 0) is 0 Å². The van der Waals surface area contributed by atoms with Gasteiger partial charge < -0.3 is 10.1 Å². The van der Waals surface area contributed by atoms with E-state index in [-0.39, 0.29) is 0 Å². The minimum atomic E-state index is 0.338. The second-order valence-electron chi connectivity index (χ2n) is 5.14. The van der Waals surface area contributed by atoms with Gasteiger partial charge in [0.15, 0.2) is 0 Å². The van der Waals surface area contributed by atoms with E-state index in [0.717, 1.165) is 29.8 Å².